The van der Waals surface area contributed by atoms with Crippen LogP contribution in [0, 0.1) is 11.8 Å². The quantitative estimate of drug-likeness (QED) is 0.456. The second kappa shape index (κ2) is 3.24. The Morgan fingerprint density at radius 3 is 3.11 bits per heavy atom. The zero-order valence-corrected chi connectivity index (χ0v) is 7.74. The molecule has 0 fully saturated rings. The zero-order chi connectivity index (χ0) is 6.69. The van der Waals surface area contributed by atoms with Crippen molar-refractivity contribution in [1.29, 1.82) is 0 Å². The molecule has 0 nitrogen and oxygen atoms in total. The number of hydrogen-bond acceptors (Lipinski definition) is 0. The Bertz CT molecular complexity index is 215. The summed E-state index contributed by atoms with van der Waals surface area (Å²) in [5.41, 5.74) is 0. The van der Waals surface area contributed by atoms with Gasteiger partial charge < -0.3 is 0 Å². The van der Waals surface area contributed by atoms with Crippen LogP contribution in [-0.2, 0) is 0 Å². The predicted molar refractivity (Wildman–Crippen MR) is 46.6 cm³/mol. The molecule has 0 aromatic rings. The average Bonchev–Trinajstić information content (AvgIpc) is 1.97. The number of rotatable bonds is 0. The fourth-order valence-electron chi connectivity index (χ4n) is 0.463. The van der Waals surface area contributed by atoms with Crippen molar-refractivity contribution in [2.45, 2.75) is 4.83 Å². The first-order valence-corrected chi connectivity index (χ1v) is 4.19. The molecule has 0 saturated heterocycles. The van der Waals surface area contributed by atoms with Gasteiger partial charge in [0, 0.05) is 10.6 Å². The van der Waals surface area contributed by atoms with Crippen LogP contribution in [-0.4, -0.2) is 4.83 Å². The van der Waals surface area contributed by atoms with Crippen molar-refractivity contribution in [3.8, 4) is 11.8 Å². The van der Waals surface area contributed by atoms with Crippen molar-refractivity contribution in [1.82, 2.24) is 0 Å². The molecule has 0 aromatic heterocycles. The Morgan fingerprint density at radius 2 is 2.33 bits per heavy atom. The van der Waals surface area contributed by atoms with Gasteiger partial charge in [0.1, 0.15) is 0 Å². The monoisotopic (exact) mass is 246 g/mol. The lowest BCUT2D eigenvalue weighted by Gasteiger charge is -1.86. The maximum atomic E-state index is 3.35. The second-order valence-electron chi connectivity index (χ2n) is 1.58. The predicted octanol–water partition coefficient (Wildman–Crippen LogP) is 2.60. The van der Waals surface area contributed by atoms with Crippen LogP contribution in [0.3, 0.4) is 0 Å². The van der Waals surface area contributed by atoms with Gasteiger partial charge in [-0.25, -0.2) is 0 Å². The van der Waals surface area contributed by atoms with E-state index in [9.17, 15) is 0 Å². The maximum absolute atomic E-state index is 3.35. The Kier molecular flexibility index (Phi) is 2.56. The molecule has 0 saturated carbocycles. The van der Waals surface area contributed by atoms with Crippen molar-refractivity contribution >= 4 is 31.9 Å². The first-order valence-electron chi connectivity index (χ1n) is 2.48. The summed E-state index contributed by atoms with van der Waals surface area (Å²) >= 11 is 6.67. The third-order valence-corrected chi connectivity index (χ3v) is 1.88. The van der Waals surface area contributed by atoms with Gasteiger partial charge in [0.05, 0.1) is 4.83 Å². The lowest BCUT2D eigenvalue weighted by atomic mass is 10.4. The van der Waals surface area contributed by atoms with Crippen molar-refractivity contribution < 1.29 is 0 Å². The van der Waals surface area contributed by atoms with Crippen LogP contribution in [0.25, 0.3) is 0 Å². The van der Waals surface area contributed by atoms with E-state index in [4.69, 9.17) is 0 Å². The molecule has 0 aromatic carbocycles. The highest BCUT2D eigenvalue weighted by molar-refractivity contribution is 9.12. The molecule has 0 N–H and O–H groups in total. The molecule has 1 unspecified atom stereocenters. The molecule has 1 rings (SSSR count). The van der Waals surface area contributed by atoms with Crippen LogP contribution in [0.2, 0.25) is 0 Å². The highest BCUT2D eigenvalue weighted by Gasteiger charge is 1.93. The lowest BCUT2D eigenvalue weighted by molar-refractivity contribution is 1.53. The van der Waals surface area contributed by atoms with Gasteiger partial charge in [-0.3, -0.25) is 0 Å². The maximum Gasteiger partial charge on any atom is 0.0941 e. The molecule has 0 bridgehead atoms. The number of allylic oxidation sites excluding steroid dienone is 4. The molecule has 46 valence electrons. The van der Waals surface area contributed by atoms with Gasteiger partial charge in [0.25, 0.3) is 0 Å². The molecule has 2 heteroatoms. The largest absolute Gasteiger partial charge is 0.0941 e. The fraction of sp³-hybridized carbons (Fsp3) is 0.143. The summed E-state index contributed by atoms with van der Waals surface area (Å²) in [6.07, 6.45) is 5.78. The minimum Gasteiger partial charge on any atom is -0.0792 e. The van der Waals surface area contributed by atoms with E-state index in [1.165, 1.54) is 0 Å². The number of halogens is 2. The summed E-state index contributed by atoms with van der Waals surface area (Å²) in [7, 11) is 0. The summed E-state index contributed by atoms with van der Waals surface area (Å²) in [4.78, 5) is 0.198. The van der Waals surface area contributed by atoms with Gasteiger partial charge in [-0.05, 0) is 6.08 Å². The van der Waals surface area contributed by atoms with Gasteiger partial charge in [-0.2, -0.15) is 0 Å². The molecule has 0 spiro atoms. The van der Waals surface area contributed by atoms with Crippen LogP contribution in [0.5, 0.6) is 0 Å². The van der Waals surface area contributed by atoms with Gasteiger partial charge >= 0.3 is 0 Å². The van der Waals surface area contributed by atoms with Crippen molar-refractivity contribution in [3.63, 3.8) is 0 Å². The molecular weight excluding hydrogens is 244 g/mol. The van der Waals surface area contributed by atoms with Crippen molar-refractivity contribution in [2.24, 2.45) is 0 Å². The van der Waals surface area contributed by atoms with E-state index in [1.54, 1.807) is 0 Å². The van der Waals surface area contributed by atoms with Crippen LogP contribution < -0.4 is 0 Å². The van der Waals surface area contributed by atoms with Crippen LogP contribution in [0.1, 0.15) is 0 Å². The van der Waals surface area contributed by atoms with Crippen LogP contribution in [0.4, 0.5) is 0 Å². The van der Waals surface area contributed by atoms with Gasteiger partial charge in [0.2, 0.25) is 0 Å². The van der Waals surface area contributed by atoms with E-state index >= 15 is 0 Å². The van der Waals surface area contributed by atoms with Crippen LogP contribution in [0.15, 0.2) is 22.7 Å². The molecule has 1 aliphatic carbocycles. The summed E-state index contributed by atoms with van der Waals surface area (Å²) in [5.74, 6) is 5.83. The third-order valence-electron chi connectivity index (χ3n) is 0.856. The third kappa shape index (κ3) is 2.38. The fourth-order valence-corrected chi connectivity index (χ4v) is 1.01. The Hall–Kier alpha value is -0.0000000000000000555. The standard InChI is InChI=1S/C7H4Br2/c8-6-2-1-3-7(9)5-4-6/h2,4-5,7H. The van der Waals surface area contributed by atoms with E-state index in [0.717, 1.165) is 4.48 Å². The molecule has 1 aliphatic rings. The Morgan fingerprint density at radius 1 is 1.56 bits per heavy atom. The lowest BCUT2D eigenvalue weighted by Crippen LogP contribution is -1.82. The molecule has 0 radical (unpaired) electrons. The summed E-state index contributed by atoms with van der Waals surface area (Å²) in [6.45, 7) is 0. The van der Waals surface area contributed by atoms with Gasteiger partial charge in [0.15, 0.2) is 0 Å². The minimum atomic E-state index is 0.198. The van der Waals surface area contributed by atoms with E-state index in [0.29, 0.717) is 0 Å². The number of alkyl halides is 1. The molecule has 0 aliphatic heterocycles. The molecule has 9 heavy (non-hydrogen) atoms. The summed E-state index contributed by atoms with van der Waals surface area (Å²) in [6, 6.07) is 0. The topological polar surface area (TPSA) is 0 Å². The highest BCUT2D eigenvalue weighted by Crippen LogP contribution is 2.11. The average molecular weight is 248 g/mol. The van der Waals surface area contributed by atoms with Crippen LogP contribution >= 0.6 is 31.9 Å². The SMILES string of the molecule is BrC1=CC#CC(Br)C=C1. The molecule has 0 heterocycles. The van der Waals surface area contributed by atoms with E-state index in [1.807, 2.05) is 18.2 Å². The Balaban J connectivity index is 2.82. The first kappa shape index (κ1) is 7.11. The smallest absolute Gasteiger partial charge is 0.0792 e. The normalized spacial score (nSPS) is 23.8. The Labute approximate surface area is 71.3 Å². The van der Waals surface area contributed by atoms with E-state index in [2.05, 4.69) is 43.7 Å². The molecule has 0 amide bonds. The second-order valence-corrected chi connectivity index (χ2v) is 3.48. The zero-order valence-electron chi connectivity index (χ0n) is 4.57. The summed E-state index contributed by atoms with van der Waals surface area (Å²) in [5, 5.41) is 0. The van der Waals surface area contributed by atoms with E-state index < -0.39 is 0 Å². The van der Waals surface area contributed by atoms with Crippen molar-refractivity contribution in [3.05, 3.63) is 22.7 Å². The molecular formula is C7H4Br2. The van der Waals surface area contributed by atoms with Crippen molar-refractivity contribution in [2.75, 3.05) is 0 Å². The highest BCUT2D eigenvalue weighted by atomic mass is 79.9. The molecule has 1 atom stereocenters. The number of hydrogen-bond donors (Lipinski definition) is 0. The first-order chi connectivity index (χ1) is 4.29. The van der Waals surface area contributed by atoms with E-state index in [-0.39, 0.29) is 4.83 Å². The van der Waals surface area contributed by atoms with Gasteiger partial charge in [-0.1, -0.05) is 49.8 Å². The summed E-state index contributed by atoms with van der Waals surface area (Å²) < 4.78 is 1.02. The minimum absolute atomic E-state index is 0.198. The van der Waals surface area contributed by atoms with Gasteiger partial charge in [-0.15, -0.1) is 0 Å².